The van der Waals surface area contributed by atoms with E-state index in [1.807, 2.05) is 30.3 Å². The first-order valence-electron chi connectivity index (χ1n) is 5.87. The van der Waals surface area contributed by atoms with Gasteiger partial charge in [0.25, 0.3) is 0 Å². The van der Waals surface area contributed by atoms with E-state index in [2.05, 4.69) is 5.32 Å². The molecule has 1 heterocycles. The van der Waals surface area contributed by atoms with Crippen molar-refractivity contribution in [3.05, 3.63) is 35.9 Å². The highest BCUT2D eigenvalue weighted by atomic mass is 16.2. The Kier molecular flexibility index (Phi) is 2.35. The molecule has 1 aromatic carbocycles. The summed E-state index contributed by atoms with van der Waals surface area (Å²) in [6.45, 7) is 0.584. The molecule has 0 bridgehead atoms. The van der Waals surface area contributed by atoms with E-state index < -0.39 is 0 Å². The molecule has 2 amide bonds. The number of carbonyl (C=O) groups is 2. The van der Waals surface area contributed by atoms with Crippen molar-refractivity contribution in [3.63, 3.8) is 0 Å². The molecule has 2 fully saturated rings. The number of urea groups is 1. The number of benzene rings is 1. The fourth-order valence-corrected chi connectivity index (χ4v) is 2.68. The number of ketones is 1. The molecule has 2 aliphatic rings. The van der Waals surface area contributed by atoms with Crippen LogP contribution in [0.2, 0.25) is 0 Å². The molecule has 17 heavy (non-hydrogen) atoms. The fourth-order valence-electron chi connectivity index (χ4n) is 2.68. The van der Waals surface area contributed by atoms with Crippen LogP contribution in [0.15, 0.2) is 30.3 Å². The molecule has 88 valence electrons. The molecular formula is C13H14N2O2. The Morgan fingerprint density at radius 3 is 2.71 bits per heavy atom. The molecule has 1 saturated heterocycles. The molecule has 0 radical (unpaired) electrons. The van der Waals surface area contributed by atoms with Crippen molar-refractivity contribution in [3.8, 4) is 0 Å². The van der Waals surface area contributed by atoms with Gasteiger partial charge in [0.2, 0.25) is 0 Å². The largest absolute Gasteiger partial charge is 0.333 e. The molecular weight excluding hydrogens is 216 g/mol. The normalized spacial score (nSPS) is 27.2. The van der Waals surface area contributed by atoms with Crippen LogP contribution in [0, 0.1) is 0 Å². The van der Waals surface area contributed by atoms with Crippen LogP contribution in [0.4, 0.5) is 4.79 Å². The lowest BCUT2D eigenvalue weighted by Crippen LogP contribution is -2.33. The lowest BCUT2D eigenvalue weighted by molar-refractivity contribution is -0.117. The number of hydrogen-bond acceptors (Lipinski definition) is 2. The summed E-state index contributed by atoms with van der Waals surface area (Å²) in [7, 11) is 0. The predicted octanol–water partition coefficient (Wildman–Crippen LogP) is 1.31. The standard InChI is InChI=1S/C13H14N2O2/c16-10-6-11-12(7-10)15(13(17)14-11)8-9-4-2-1-3-5-9/h1-5,11-12H,6-8H2,(H,14,17)/t11-,12+/m0/s1. The van der Waals surface area contributed by atoms with Gasteiger partial charge in [-0.2, -0.15) is 0 Å². The minimum atomic E-state index is -0.0450. The number of rotatable bonds is 2. The molecule has 1 N–H and O–H groups in total. The molecule has 1 aromatic rings. The van der Waals surface area contributed by atoms with Gasteiger partial charge in [-0.25, -0.2) is 4.79 Å². The van der Waals surface area contributed by atoms with E-state index >= 15 is 0 Å². The van der Waals surface area contributed by atoms with Crippen LogP contribution in [0.25, 0.3) is 0 Å². The first-order valence-corrected chi connectivity index (χ1v) is 5.87. The van der Waals surface area contributed by atoms with Crippen LogP contribution < -0.4 is 5.32 Å². The van der Waals surface area contributed by atoms with Gasteiger partial charge >= 0.3 is 6.03 Å². The molecule has 0 unspecified atom stereocenters. The van der Waals surface area contributed by atoms with Crippen molar-refractivity contribution in [2.24, 2.45) is 0 Å². The number of hydrogen-bond donors (Lipinski definition) is 1. The maximum absolute atomic E-state index is 11.8. The van der Waals surface area contributed by atoms with Crippen LogP contribution in [0.5, 0.6) is 0 Å². The number of nitrogens with one attached hydrogen (secondary N) is 1. The minimum absolute atomic E-state index is 0.0266. The minimum Gasteiger partial charge on any atom is -0.333 e. The smallest absolute Gasteiger partial charge is 0.318 e. The molecule has 4 nitrogen and oxygen atoms in total. The third kappa shape index (κ3) is 1.79. The number of carbonyl (C=O) groups excluding carboxylic acids is 2. The molecule has 3 rings (SSSR count). The zero-order valence-corrected chi connectivity index (χ0v) is 9.43. The molecule has 1 aliphatic heterocycles. The van der Waals surface area contributed by atoms with Crippen LogP contribution in [-0.4, -0.2) is 28.8 Å². The van der Waals surface area contributed by atoms with Gasteiger partial charge in [-0.05, 0) is 5.56 Å². The summed E-state index contributed by atoms with van der Waals surface area (Å²) in [5.41, 5.74) is 1.10. The lowest BCUT2D eigenvalue weighted by Gasteiger charge is -2.21. The van der Waals surface area contributed by atoms with Crippen molar-refractivity contribution in [2.75, 3.05) is 0 Å². The Bertz CT molecular complexity index is 458. The van der Waals surface area contributed by atoms with E-state index in [0.717, 1.165) is 5.56 Å². The summed E-state index contributed by atoms with van der Waals surface area (Å²) in [5, 5.41) is 2.88. The van der Waals surface area contributed by atoms with Gasteiger partial charge in [-0.3, -0.25) is 4.79 Å². The summed E-state index contributed by atoms with van der Waals surface area (Å²) >= 11 is 0. The maximum atomic E-state index is 11.8. The molecule has 4 heteroatoms. The monoisotopic (exact) mass is 230 g/mol. The summed E-state index contributed by atoms with van der Waals surface area (Å²) in [4.78, 5) is 25.0. The van der Waals surface area contributed by atoms with E-state index in [1.54, 1.807) is 4.90 Å². The molecule has 0 spiro atoms. The van der Waals surface area contributed by atoms with Gasteiger partial charge in [0.15, 0.2) is 0 Å². The van der Waals surface area contributed by atoms with E-state index in [0.29, 0.717) is 19.4 Å². The maximum Gasteiger partial charge on any atom is 0.318 e. The van der Waals surface area contributed by atoms with Crippen LogP contribution in [-0.2, 0) is 11.3 Å². The average Bonchev–Trinajstić information content (AvgIpc) is 2.79. The van der Waals surface area contributed by atoms with E-state index in [1.165, 1.54) is 0 Å². The van der Waals surface area contributed by atoms with Crippen LogP contribution in [0.1, 0.15) is 18.4 Å². The molecule has 1 aliphatic carbocycles. The predicted molar refractivity (Wildman–Crippen MR) is 62.3 cm³/mol. The molecule has 2 atom stereocenters. The van der Waals surface area contributed by atoms with Crippen molar-refractivity contribution < 1.29 is 9.59 Å². The topological polar surface area (TPSA) is 49.4 Å². The zero-order valence-electron chi connectivity index (χ0n) is 9.43. The van der Waals surface area contributed by atoms with Gasteiger partial charge in [0.1, 0.15) is 5.78 Å². The highest BCUT2D eigenvalue weighted by molar-refractivity contribution is 5.88. The number of fused-ring (bicyclic) bond motifs is 1. The molecule has 1 saturated carbocycles. The second-order valence-corrected chi connectivity index (χ2v) is 4.68. The second-order valence-electron chi connectivity index (χ2n) is 4.68. The van der Waals surface area contributed by atoms with Crippen molar-refractivity contribution >= 4 is 11.8 Å². The van der Waals surface area contributed by atoms with Crippen molar-refractivity contribution in [1.29, 1.82) is 0 Å². The van der Waals surface area contributed by atoms with E-state index in [4.69, 9.17) is 0 Å². The molecule has 0 aromatic heterocycles. The first-order chi connectivity index (χ1) is 8.24. The Balaban J connectivity index is 1.78. The number of Topliss-reactive ketones (excluding diaryl/α,β-unsaturated/α-hetero) is 1. The zero-order chi connectivity index (χ0) is 11.8. The third-order valence-electron chi connectivity index (χ3n) is 3.51. The average molecular weight is 230 g/mol. The summed E-state index contributed by atoms with van der Waals surface area (Å²) in [6, 6.07) is 9.90. The van der Waals surface area contributed by atoms with Gasteiger partial charge in [-0.1, -0.05) is 30.3 Å². The van der Waals surface area contributed by atoms with Crippen LogP contribution >= 0.6 is 0 Å². The fraction of sp³-hybridized carbons (Fsp3) is 0.385. The Morgan fingerprint density at radius 2 is 1.94 bits per heavy atom. The number of amides is 2. The van der Waals surface area contributed by atoms with Gasteiger partial charge in [0, 0.05) is 19.4 Å². The summed E-state index contributed by atoms with van der Waals surface area (Å²) in [5.74, 6) is 0.248. The highest BCUT2D eigenvalue weighted by Gasteiger charge is 2.45. The van der Waals surface area contributed by atoms with Crippen molar-refractivity contribution in [1.82, 2.24) is 10.2 Å². The lowest BCUT2D eigenvalue weighted by atomic mass is 10.1. The van der Waals surface area contributed by atoms with Gasteiger partial charge in [-0.15, -0.1) is 0 Å². The summed E-state index contributed by atoms with van der Waals surface area (Å²) < 4.78 is 0. The van der Waals surface area contributed by atoms with E-state index in [9.17, 15) is 9.59 Å². The summed E-state index contributed by atoms with van der Waals surface area (Å²) in [6.07, 6.45) is 0.984. The Morgan fingerprint density at radius 1 is 1.18 bits per heavy atom. The van der Waals surface area contributed by atoms with Crippen LogP contribution in [0.3, 0.4) is 0 Å². The SMILES string of the molecule is O=C1C[C@@H]2NC(=O)N(Cc3ccccc3)[C@@H]2C1. The van der Waals surface area contributed by atoms with Gasteiger partial charge in [0.05, 0.1) is 12.1 Å². The third-order valence-corrected chi connectivity index (χ3v) is 3.51. The Labute approximate surface area is 99.6 Å². The van der Waals surface area contributed by atoms with Gasteiger partial charge < -0.3 is 10.2 Å². The second kappa shape index (κ2) is 3.87. The van der Waals surface area contributed by atoms with E-state index in [-0.39, 0.29) is 23.9 Å². The Hall–Kier alpha value is -1.84. The highest BCUT2D eigenvalue weighted by Crippen LogP contribution is 2.28. The number of nitrogens with zero attached hydrogens (tertiary/aromatic N) is 1. The van der Waals surface area contributed by atoms with Crippen molar-refractivity contribution in [2.45, 2.75) is 31.5 Å². The first kappa shape index (κ1) is 10.3. The quantitative estimate of drug-likeness (QED) is 0.832.